The number of amides is 1. The van der Waals surface area contributed by atoms with Crippen molar-refractivity contribution in [2.45, 2.75) is 6.04 Å². The molecule has 0 radical (unpaired) electrons. The molecule has 3 aromatic carbocycles. The Bertz CT molecular complexity index is 1520. The van der Waals surface area contributed by atoms with E-state index in [1.165, 1.54) is 41.5 Å². The van der Waals surface area contributed by atoms with Crippen molar-refractivity contribution < 1.29 is 23.5 Å². The second-order valence-electron chi connectivity index (χ2n) is 7.96. The normalized spacial score (nSPS) is 17.9. The van der Waals surface area contributed by atoms with Gasteiger partial charge < -0.3 is 4.74 Å². The molecule has 5 nitrogen and oxygen atoms in total. The standard InChI is InChI=1S/C26H16Cl2FNO4S/c1-34-20-9-7-14(11-18(20)28)30-23(13-6-8-17(27)19(29)10-13)22(25(32)26(30)33)24(31)16-12-35-21-5-3-2-4-15(16)21/h2-12,22-23H,1H3. The lowest BCUT2D eigenvalue weighted by molar-refractivity contribution is -0.135. The van der Waals surface area contributed by atoms with Crippen LogP contribution in [0.25, 0.3) is 10.1 Å². The first-order valence-electron chi connectivity index (χ1n) is 10.5. The minimum atomic E-state index is -1.39. The number of nitrogens with zero attached hydrogens (tertiary/aromatic N) is 1. The predicted octanol–water partition coefficient (Wildman–Crippen LogP) is 6.51. The van der Waals surface area contributed by atoms with Gasteiger partial charge in [-0.25, -0.2) is 4.39 Å². The van der Waals surface area contributed by atoms with E-state index < -0.39 is 35.3 Å². The van der Waals surface area contributed by atoms with Gasteiger partial charge >= 0.3 is 0 Å². The first kappa shape index (κ1) is 23.5. The molecule has 2 unspecified atom stereocenters. The van der Waals surface area contributed by atoms with Crippen LogP contribution < -0.4 is 9.64 Å². The Morgan fingerprint density at radius 3 is 2.51 bits per heavy atom. The Balaban J connectivity index is 1.68. The summed E-state index contributed by atoms with van der Waals surface area (Å²) in [4.78, 5) is 41.6. The lowest BCUT2D eigenvalue weighted by Crippen LogP contribution is -2.30. The summed E-state index contributed by atoms with van der Waals surface area (Å²) in [5.41, 5.74) is 0.877. The summed E-state index contributed by atoms with van der Waals surface area (Å²) in [6.07, 6.45) is 0. The highest BCUT2D eigenvalue weighted by atomic mass is 35.5. The molecule has 1 aromatic heterocycles. The summed E-state index contributed by atoms with van der Waals surface area (Å²) in [5, 5.41) is 2.46. The average molecular weight is 528 g/mol. The fourth-order valence-corrected chi connectivity index (χ4v) is 5.71. The summed E-state index contributed by atoms with van der Waals surface area (Å²) in [7, 11) is 1.45. The molecule has 4 aromatic rings. The summed E-state index contributed by atoms with van der Waals surface area (Å²) < 4.78 is 20.5. The fourth-order valence-electron chi connectivity index (χ4n) is 4.39. The van der Waals surface area contributed by atoms with Gasteiger partial charge in [-0.05, 0) is 42.0 Å². The van der Waals surface area contributed by atoms with E-state index >= 15 is 0 Å². The Morgan fingerprint density at radius 2 is 1.80 bits per heavy atom. The van der Waals surface area contributed by atoms with Crippen molar-refractivity contribution in [3.8, 4) is 5.75 Å². The molecule has 176 valence electrons. The van der Waals surface area contributed by atoms with Crippen molar-refractivity contribution in [3.05, 3.63) is 93.0 Å². The van der Waals surface area contributed by atoms with Crippen LogP contribution >= 0.6 is 34.5 Å². The predicted molar refractivity (Wildman–Crippen MR) is 134 cm³/mol. The van der Waals surface area contributed by atoms with Gasteiger partial charge in [-0.2, -0.15) is 0 Å². The van der Waals surface area contributed by atoms with E-state index in [0.717, 1.165) is 10.8 Å². The first-order chi connectivity index (χ1) is 16.8. The van der Waals surface area contributed by atoms with Crippen LogP contribution in [0.4, 0.5) is 10.1 Å². The molecule has 1 aliphatic rings. The molecule has 0 aliphatic carbocycles. The molecule has 1 aliphatic heterocycles. The Hall–Kier alpha value is -3.26. The van der Waals surface area contributed by atoms with Crippen molar-refractivity contribution >= 4 is 67.8 Å². The number of halogens is 3. The van der Waals surface area contributed by atoms with Gasteiger partial charge in [0.15, 0.2) is 5.78 Å². The monoisotopic (exact) mass is 527 g/mol. The number of benzene rings is 3. The second-order valence-corrected chi connectivity index (χ2v) is 9.69. The number of ether oxygens (including phenoxy) is 1. The molecule has 2 heterocycles. The quantitative estimate of drug-likeness (QED) is 0.168. The first-order valence-corrected chi connectivity index (χ1v) is 12.1. The lowest BCUT2D eigenvalue weighted by atomic mass is 9.86. The number of Topliss-reactive ketones (excluding diaryl/α,β-unsaturated/α-hetero) is 2. The second kappa shape index (κ2) is 9.07. The van der Waals surface area contributed by atoms with Crippen molar-refractivity contribution in [2.24, 2.45) is 5.92 Å². The van der Waals surface area contributed by atoms with Gasteiger partial charge in [0, 0.05) is 26.7 Å². The number of fused-ring (bicyclic) bond motifs is 1. The summed E-state index contributed by atoms with van der Waals surface area (Å²) >= 11 is 13.5. The highest BCUT2D eigenvalue weighted by Gasteiger charge is 2.52. The van der Waals surface area contributed by atoms with Gasteiger partial charge in [-0.1, -0.05) is 47.5 Å². The molecule has 35 heavy (non-hydrogen) atoms. The molecule has 0 saturated carbocycles. The summed E-state index contributed by atoms with van der Waals surface area (Å²) in [6, 6.07) is 14.8. The van der Waals surface area contributed by atoms with Crippen LogP contribution in [-0.2, 0) is 9.59 Å². The highest BCUT2D eigenvalue weighted by Crippen LogP contribution is 2.44. The fraction of sp³-hybridized carbons (Fsp3) is 0.115. The number of hydrogen-bond donors (Lipinski definition) is 0. The summed E-state index contributed by atoms with van der Waals surface area (Å²) in [6.45, 7) is 0. The molecule has 0 N–H and O–H groups in total. The maximum absolute atomic E-state index is 14.5. The van der Waals surface area contributed by atoms with E-state index in [-0.39, 0.29) is 21.3 Å². The number of ketones is 2. The van der Waals surface area contributed by atoms with Gasteiger partial charge in [-0.15, -0.1) is 11.3 Å². The molecule has 9 heteroatoms. The maximum atomic E-state index is 14.5. The van der Waals surface area contributed by atoms with Crippen LogP contribution in [0.3, 0.4) is 0 Å². The molecule has 1 amide bonds. The van der Waals surface area contributed by atoms with Crippen LogP contribution in [-0.4, -0.2) is 24.6 Å². The van der Waals surface area contributed by atoms with Crippen LogP contribution in [0.1, 0.15) is 22.0 Å². The molecule has 0 spiro atoms. The third-order valence-electron chi connectivity index (χ3n) is 6.03. The molecular weight excluding hydrogens is 512 g/mol. The van der Waals surface area contributed by atoms with E-state index in [9.17, 15) is 18.8 Å². The van der Waals surface area contributed by atoms with Gasteiger partial charge in [0.1, 0.15) is 17.5 Å². The lowest BCUT2D eigenvalue weighted by Gasteiger charge is -2.27. The Labute approximate surface area is 213 Å². The molecular formula is C26H16Cl2FNO4S. The van der Waals surface area contributed by atoms with Crippen molar-refractivity contribution in [1.29, 1.82) is 0 Å². The molecule has 1 fully saturated rings. The van der Waals surface area contributed by atoms with Crippen LogP contribution in [0.15, 0.2) is 66.0 Å². The molecule has 1 saturated heterocycles. The number of anilines is 1. The highest BCUT2D eigenvalue weighted by molar-refractivity contribution is 7.17. The van der Waals surface area contributed by atoms with Crippen molar-refractivity contribution in [2.75, 3.05) is 12.0 Å². The van der Waals surface area contributed by atoms with Crippen molar-refractivity contribution in [3.63, 3.8) is 0 Å². The van der Waals surface area contributed by atoms with Gasteiger partial charge in [0.05, 0.1) is 23.2 Å². The third-order valence-corrected chi connectivity index (χ3v) is 7.60. The zero-order valence-electron chi connectivity index (χ0n) is 18.1. The Morgan fingerprint density at radius 1 is 1.03 bits per heavy atom. The zero-order chi connectivity index (χ0) is 24.9. The molecule has 0 bridgehead atoms. The minimum Gasteiger partial charge on any atom is -0.495 e. The van der Waals surface area contributed by atoms with E-state index in [1.54, 1.807) is 29.6 Å². The molecule has 5 rings (SSSR count). The minimum absolute atomic E-state index is 0.116. The number of rotatable bonds is 5. The van der Waals surface area contributed by atoms with E-state index in [4.69, 9.17) is 27.9 Å². The van der Waals surface area contributed by atoms with Crippen LogP contribution in [0.2, 0.25) is 10.0 Å². The van der Waals surface area contributed by atoms with E-state index in [0.29, 0.717) is 16.7 Å². The number of carbonyl (C=O) groups excluding carboxylic acids is 3. The van der Waals surface area contributed by atoms with Crippen LogP contribution in [0, 0.1) is 11.7 Å². The summed E-state index contributed by atoms with van der Waals surface area (Å²) in [5.74, 6) is -4.01. The van der Waals surface area contributed by atoms with E-state index in [1.807, 2.05) is 12.1 Å². The van der Waals surface area contributed by atoms with Crippen molar-refractivity contribution in [1.82, 2.24) is 0 Å². The number of carbonyl (C=O) groups is 3. The number of methoxy groups -OCH3 is 1. The largest absolute Gasteiger partial charge is 0.495 e. The molecule has 2 atom stereocenters. The maximum Gasteiger partial charge on any atom is 0.295 e. The topological polar surface area (TPSA) is 63.7 Å². The smallest absolute Gasteiger partial charge is 0.295 e. The third kappa shape index (κ3) is 3.89. The Kier molecular flexibility index (Phi) is 6.09. The SMILES string of the molecule is COc1ccc(N2C(=O)C(=O)C(C(=O)c3csc4ccccc34)C2c2ccc(Cl)c(F)c2)cc1Cl. The number of thiophene rings is 1. The van der Waals surface area contributed by atoms with E-state index in [2.05, 4.69) is 0 Å². The van der Waals surface area contributed by atoms with Gasteiger partial charge in [-0.3, -0.25) is 19.3 Å². The van der Waals surface area contributed by atoms with Crippen LogP contribution in [0.5, 0.6) is 5.75 Å². The van der Waals surface area contributed by atoms with Gasteiger partial charge in [0.2, 0.25) is 5.78 Å². The number of hydrogen-bond acceptors (Lipinski definition) is 5. The zero-order valence-corrected chi connectivity index (χ0v) is 20.5. The average Bonchev–Trinajstić information content (AvgIpc) is 3.39. The van der Waals surface area contributed by atoms with Gasteiger partial charge in [0.25, 0.3) is 5.91 Å².